The second-order valence-corrected chi connectivity index (χ2v) is 6.61. The Balaban J connectivity index is 3.27. The van der Waals surface area contributed by atoms with Gasteiger partial charge in [-0.25, -0.2) is 0 Å². The molecule has 5 heteroatoms. The average Bonchev–Trinajstić information content (AvgIpc) is 2.09. The van der Waals surface area contributed by atoms with Gasteiger partial charge < -0.3 is 0 Å². The van der Waals surface area contributed by atoms with Crippen molar-refractivity contribution in [3.05, 3.63) is 29.3 Å². The van der Waals surface area contributed by atoms with Crippen LogP contribution in [0.4, 0.5) is 0 Å². The Kier molecular flexibility index (Phi) is 3.47. The van der Waals surface area contributed by atoms with Gasteiger partial charge in [0, 0.05) is 0 Å². The predicted molar refractivity (Wildman–Crippen MR) is 49.9 cm³/mol. The maximum atomic E-state index is 11.3. The van der Waals surface area contributed by atoms with Crippen molar-refractivity contribution >= 4 is 36.3 Å². The van der Waals surface area contributed by atoms with Crippen molar-refractivity contribution in [3.8, 4) is 0 Å². The number of aryl methyl sites for hydroxylation is 2. The summed E-state index contributed by atoms with van der Waals surface area (Å²) < 4.78 is 27.1. The van der Waals surface area contributed by atoms with Crippen LogP contribution in [0.3, 0.4) is 0 Å². The predicted octanol–water partition coefficient (Wildman–Crippen LogP) is 1.09. The van der Waals surface area contributed by atoms with E-state index in [1.54, 1.807) is 18.2 Å². The Bertz CT molecular complexity index is 411. The van der Waals surface area contributed by atoms with Crippen LogP contribution in [0.1, 0.15) is 11.1 Å². The summed E-state index contributed by atoms with van der Waals surface area (Å²) in [5, 5.41) is 0. The average molecular weight is 390 g/mol. The van der Waals surface area contributed by atoms with Crippen LogP contribution in [-0.2, 0) is 12.3 Å². The van der Waals surface area contributed by atoms with E-state index in [1.807, 2.05) is 13.8 Å². The van der Waals surface area contributed by atoms with Gasteiger partial charge in [0.1, 0.15) is 0 Å². The molecule has 0 N–H and O–H groups in total. The number of benzene rings is 1. The van der Waals surface area contributed by atoms with Crippen molar-refractivity contribution in [2.75, 3.05) is 0 Å². The summed E-state index contributed by atoms with van der Waals surface area (Å²) in [6, 6.07) is 4.99. The van der Waals surface area contributed by atoms with Gasteiger partial charge >= 0.3 is 95.0 Å². The molecule has 68 valence electrons. The Morgan fingerprint density at radius 2 is 1.85 bits per heavy atom. The quantitative estimate of drug-likeness (QED) is 0.712. The van der Waals surface area contributed by atoms with Gasteiger partial charge in [0.05, 0.1) is 0 Å². The zero-order valence-electron chi connectivity index (χ0n) is 7.44. The van der Waals surface area contributed by atoms with Crippen molar-refractivity contribution in [2.24, 2.45) is 0 Å². The first kappa shape index (κ1) is 11.1. The first-order valence-electron chi connectivity index (χ1n) is 3.68. The Labute approximate surface area is 94.6 Å². The van der Waals surface area contributed by atoms with E-state index in [2.05, 4.69) is 2.13 Å². The molecule has 0 atom stereocenters. The fourth-order valence-electron chi connectivity index (χ4n) is 0.925. The summed E-state index contributed by atoms with van der Waals surface area (Å²) in [5.74, 6) is 0. The monoisotopic (exact) mass is 390 g/mol. The van der Waals surface area contributed by atoms with Crippen LogP contribution in [0.5, 0.6) is 0 Å². The van der Waals surface area contributed by atoms with Crippen LogP contribution in [0, 0.1) is 13.8 Å². The molecule has 0 aliphatic rings. The third kappa shape index (κ3) is 2.50. The van der Waals surface area contributed by atoms with Gasteiger partial charge in [-0.2, -0.15) is 0 Å². The van der Waals surface area contributed by atoms with Crippen LogP contribution in [-0.4, -0.2) is 34.6 Å². The molecule has 0 aliphatic heterocycles. The van der Waals surface area contributed by atoms with Gasteiger partial charge in [-0.05, 0) is 0 Å². The van der Waals surface area contributed by atoms with E-state index in [-0.39, 0.29) is 31.1 Å². The van der Waals surface area contributed by atoms with Crippen molar-refractivity contribution in [2.45, 2.75) is 18.7 Å². The molecule has 0 amide bonds. The molecule has 0 aromatic heterocycles. The molecule has 1 rings (SSSR count). The molecule has 1 aromatic rings. The fraction of sp³-hybridized carbons (Fsp3) is 0.250. The van der Waals surface area contributed by atoms with Gasteiger partial charge in [-0.15, -0.1) is 0 Å². The standard InChI is InChI=1S/C8H10O3S.Tl/c1-6-3-4-8(5-7(6)2)12(9,10)11;/h3-5H,1-2H3,(H,9,10,11);/q;+1/p-1. The number of hydrogen-bond acceptors (Lipinski definition) is 3. The minimum atomic E-state index is -3.46. The second kappa shape index (κ2) is 4.06. The van der Waals surface area contributed by atoms with Crippen molar-refractivity contribution in [3.63, 3.8) is 0 Å². The molecule has 0 heterocycles. The van der Waals surface area contributed by atoms with E-state index in [4.69, 9.17) is 0 Å². The topological polar surface area (TPSA) is 43.4 Å². The first-order valence-corrected chi connectivity index (χ1v) is 6.92. The third-order valence-electron chi connectivity index (χ3n) is 1.89. The molecule has 0 saturated carbocycles. The molecule has 0 aliphatic carbocycles. The molecule has 0 unspecified atom stereocenters. The van der Waals surface area contributed by atoms with E-state index >= 15 is 0 Å². The van der Waals surface area contributed by atoms with Crippen LogP contribution in [0.25, 0.3) is 0 Å². The third-order valence-corrected chi connectivity index (χ3v) is 5.93. The SMILES string of the molecule is Cc1ccc(S(=O)(=O)[O][Tl])cc1C. The van der Waals surface area contributed by atoms with Gasteiger partial charge in [-0.1, -0.05) is 0 Å². The molecule has 13 heavy (non-hydrogen) atoms. The summed E-state index contributed by atoms with van der Waals surface area (Å²) in [5.41, 5.74) is 2.04. The Hall–Kier alpha value is 0.0521. The normalized spacial score (nSPS) is 11.5. The van der Waals surface area contributed by atoms with E-state index in [0.29, 0.717) is 0 Å². The summed E-state index contributed by atoms with van der Waals surface area (Å²) in [6.45, 7) is 3.82. The van der Waals surface area contributed by atoms with Crippen LogP contribution >= 0.6 is 0 Å². The first-order chi connectivity index (χ1) is 5.97. The van der Waals surface area contributed by atoms with Crippen molar-refractivity contribution in [1.29, 1.82) is 0 Å². The van der Waals surface area contributed by atoms with Crippen LogP contribution in [0.15, 0.2) is 23.1 Å². The molecule has 0 spiro atoms. The van der Waals surface area contributed by atoms with Crippen molar-refractivity contribution < 1.29 is 10.6 Å². The Morgan fingerprint density at radius 1 is 1.23 bits per heavy atom. The molecule has 0 saturated heterocycles. The number of rotatable bonds is 2. The zero-order valence-corrected chi connectivity index (χ0v) is 12.7. The van der Waals surface area contributed by atoms with E-state index in [9.17, 15) is 8.42 Å². The molecule has 0 bridgehead atoms. The zero-order chi connectivity index (χ0) is 10.1. The van der Waals surface area contributed by atoms with Gasteiger partial charge in [0.25, 0.3) is 0 Å². The number of hydrogen-bond donors (Lipinski definition) is 0. The van der Waals surface area contributed by atoms with E-state index in [1.165, 1.54) is 0 Å². The molecular weight excluding hydrogens is 381 g/mol. The summed E-state index contributed by atoms with van der Waals surface area (Å²) in [4.78, 5) is 0.248. The van der Waals surface area contributed by atoms with Gasteiger partial charge in [0.2, 0.25) is 0 Å². The van der Waals surface area contributed by atoms with Crippen LogP contribution in [0.2, 0.25) is 0 Å². The fourth-order valence-corrected chi connectivity index (χ4v) is 2.89. The summed E-state index contributed by atoms with van der Waals surface area (Å²) in [7, 11) is -3.46. The van der Waals surface area contributed by atoms with Gasteiger partial charge in [-0.3, -0.25) is 0 Å². The van der Waals surface area contributed by atoms with E-state index in [0.717, 1.165) is 11.1 Å². The minimum absolute atomic E-state index is 0.00314. The Morgan fingerprint density at radius 3 is 2.31 bits per heavy atom. The summed E-state index contributed by atoms with van der Waals surface area (Å²) >= 11 is -0.00314. The summed E-state index contributed by atoms with van der Waals surface area (Å²) in [6.07, 6.45) is 0. The maximum absolute atomic E-state index is 11.3. The van der Waals surface area contributed by atoms with E-state index < -0.39 is 10.1 Å². The van der Waals surface area contributed by atoms with Crippen molar-refractivity contribution in [1.82, 2.24) is 0 Å². The van der Waals surface area contributed by atoms with Crippen LogP contribution < -0.4 is 0 Å². The molecule has 0 radical (unpaired) electrons. The molecule has 1 aromatic carbocycles. The molecular formula is C8H9O3STl. The molecule has 0 fully saturated rings. The van der Waals surface area contributed by atoms with Gasteiger partial charge in [0.15, 0.2) is 0 Å². The molecule has 3 nitrogen and oxygen atoms in total. The second-order valence-electron chi connectivity index (χ2n) is 2.80.